The van der Waals surface area contributed by atoms with Gasteiger partial charge >= 0.3 is 0 Å². The smallest absolute Gasteiger partial charge is 0.137 e. The molecule has 0 aliphatic heterocycles. The molecule has 0 spiro atoms. The average molecular weight is 700 g/mol. The molecule has 0 saturated carbocycles. The van der Waals surface area contributed by atoms with Gasteiger partial charge in [0.1, 0.15) is 11.2 Å². The summed E-state index contributed by atoms with van der Waals surface area (Å²) in [7, 11) is 0. The van der Waals surface area contributed by atoms with Gasteiger partial charge in [0.2, 0.25) is 0 Å². The molecule has 0 unspecified atom stereocenters. The molecule has 0 saturated heterocycles. The first kappa shape index (κ1) is 29.5. The lowest BCUT2D eigenvalue weighted by Gasteiger charge is -2.28. The maximum absolute atomic E-state index is 6.51. The van der Waals surface area contributed by atoms with Crippen LogP contribution in [0, 0.1) is 0 Å². The highest BCUT2D eigenvalue weighted by molar-refractivity contribution is 7.26. The monoisotopic (exact) mass is 699 g/mol. The molecule has 3 aromatic heterocycles. The second-order valence-corrected chi connectivity index (χ2v) is 15.4. The Morgan fingerprint density at radius 3 is 1.92 bits per heavy atom. The highest BCUT2D eigenvalue weighted by atomic mass is 32.1. The number of benzene rings is 8. The molecule has 0 aliphatic carbocycles. The zero-order valence-corrected chi connectivity index (χ0v) is 29.5. The Kier molecular flexibility index (Phi) is 6.63. The molecule has 0 N–H and O–H groups in total. The lowest BCUT2D eigenvalue weighted by molar-refractivity contribution is 0.669. The van der Waals surface area contributed by atoms with Crippen LogP contribution in [0.25, 0.3) is 84.5 Å². The second-order valence-electron chi connectivity index (χ2n) is 13.2. The Morgan fingerprint density at radius 1 is 0.385 bits per heavy atom. The first-order valence-corrected chi connectivity index (χ1v) is 19.1. The van der Waals surface area contributed by atoms with E-state index in [0.29, 0.717) is 0 Å². The highest BCUT2D eigenvalue weighted by Gasteiger charge is 2.24. The predicted octanol–water partition coefficient (Wildman–Crippen LogP) is 15.1. The summed E-state index contributed by atoms with van der Waals surface area (Å²) >= 11 is 3.74. The zero-order valence-electron chi connectivity index (χ0n) is 27.9. The van der Waals surface area contributed by atoms with Crippen molar-refractivity contribution in [3.8, 4) is 22.3 Å². The number of hydrogen-bond acceptors (Lipinski definition) is 4. The molecule has 52 heavy (non-hydrogen) atoms. The number of furan rings is 1. The Labute approximate surface area is 308 Å². The molecule has 0 aliphatic rings. The van der Waals surface area contributed by atoms with Crippen LogP contribution in [0.3, 0.4) is 0 Å². The predicted molar refractivity (Wildman–Crippen MR) is 225 cm³/mol. The Bertz CT molecular complexity index is 3130. The van der Waals surface area contributed by atoms with Crippen LogP contribution in [0.2, 0.25) is 0 Å². The first-order valence-electron chi connectivity index (χ1n) is 17.5. The molecular weight excluding hydrogens is 671 g/mol. The van der Waals surface area contributed by atoms with Gasteiger partial charge in [-0.05, 0) is 70.8 Å². The van der Waals surface area contributed by atoms with E-state index < -0.39 is 0 Å². The molecule has 0 bridgehead atoms. The van der Waals surface area contributed by atoms with Crippen molar-refractivity contribution < 1.29 is 4.42 Å². The van der Waals surface area contributed by atoms with Crippen LogP contribution in [0.5, 0.6) is 0 Å². The highest BCUT2D eigenvalue weighted by Crippen LogP contribution is 2.51. The Morgan fingerprint density at radius 2 is 1.06 bits per heavy atom. The third kappa shape index (κ3) is 4.55. The van der Waals surface area contributed by atoms with E-state index >= 15 is 0 Å². The van der Waals surface area contributed by atoms with Crippen LogP contribution in [-0.4, -0.2) is 0 Å². The van der Waals surface area contributed by atoms with E-state index in [1.807, 2.05) is 28.7 Å². The van der Waals surface area contributed by atoms with Crippen LogP contribution in [-0.2, 0) is 0 Å². The fourth-order valence-corrected chi connectivity index (χ4v) is 10.3. The van der Waals surface area contributed by atoms with Crippen molar-refractivity contribution in [1.82, 2.24) is 0 Å². The fourth-order valence-electron chi connectivity index (χ4n) is 7.91. The van der Waals surface area contributed by atoms with Crippen LogP contribution < -0.4 is 4.90 Å². The number of fused-ring (bicyclic) bond motifs is 9. The number of thiophene rings is 2. The number of rotatable bonds is 5. The summed E-state index contributed by atoms with van der Waals surface area (Å²) < 4.78 is 11.6. The Hall–Kier alpha value is -6.20. The van der Waals surface area contributed by atoms with Crippen LogP contribution in [0.4, 0.5) is 17.1 Å². The van der Waals surface area contributed by atoms with Crippen LogP contribution >= 0.6 is 22.7 Å². The third-order valence-electron chi connectivity index (χ3n) is 10.3. The van der Waals surface area contributed by atoms with Gasteiger partial charge in [0.15, 0.2) is 0 Å². The SMILES string of the molecule is c1ccc(-c2ccc3c(c2)sc2c(-c4ccccc4)ccc(N(c4ccc5c(c4)oc4ccccc45)c4cccc5sc6ccccc6c45)c23)cc1. The minimum Gasteiger partial charge on any atom is -0.456 e. The molecule has 11 rings (SSSR count). The molecule has 4 heteroatoms. The fraction of sp³-hybridized carbons (Fsp3) is 0. The van der Waals surface area contributed by atoms with Gasteiger partial charge in [0.05, 0.1) is 11.4 Å². The van der Waals surface area contributed by atoms with E-state index in [9.17, 15) is 0 Å². The van der Waals surface area contributed by atoms with Crippen molar-refractivity contribution in [3.63, 3.8) is 0 Å². The van der Waals surface area contributed by atoms with Gasteiger partial charge in [-0.1, -0.05) is 121 Å². The topological polar surface area (TPSA) is 16.4 Å². The van der Waals surface area contributed by atoms with Crippen molar-refractivity contribution in [1.29, 1.82) is 0 Å². The van der Waals surface area contributed by atoms with Crippen LogP contribution in [0.1, 0.15) is 0 Å². The van der Waals surface area contributed by atoms with Gasteiger partial charge in [-0.3, -0.25) is 0 Å². The first-order chi connectivity index (χ1) is 25.8. The average Bonchev–Trinajstić information content (AvgIpc) is 3.90. The summed E-state index contributed by atoms with van der Waals surface area (Å²) in [5.41, 5.74) is 10.1. The van der Waals surface area contributed by atoms with Gasteiger partial charge in [-0.25, -0.2) is 0 Å². The largest absolute Gasteiger partial charge is 0.456 e. The normalized spacial score (nSPS) is 11.8. The molecule has 244 valence electrons. The quantitative estimate of drug-likeness (QED) is 0.178. The molecule has 3 heterocycles. The summed E-state index contributed by atoms with van der Waals surface area (Å²) in [6.07, 6.45) is 0. The van der Waals surface area contributed by atoms with Gasteiger partial charge in [-0.2, -0.15) is 0 Å². The Balaban J connectivity index is 1.25. The van der Waals surface area contributed by atoms with E-state index in [-0.39, 0.29) is 0 Å². The van der Waals surface area contributed by atoms with E-state index in [1.54, 1.807) is 0 Å². The van der Waals surface area contributed by atoms with Gasteiger partial charge < -0.3 is 9.32 Å². The van der Waals surface area contributed by atoms with Crippen molar-refractivity contribution in [2.24, 2.45) is 0 Å². The van der Waals surface area contributed by atoms with Gasteiger partial charge in [-0.15, -0.1) is 22.7 Å². The maximum atomic E-state index is 6.51. The summed E-state index contributed by atoms with van der Waals surface area (Å²) in [5.74, 6) is 0. The molecular formula is C48H29NOS2. The van der Waals surface area contributed by atoms with E-state index in [1.165, 1.54) is 62.6 Å². The zero-order chi connectivity index (χ0) is 34.2. The number of nitrogens with zero attached hydrogens (tertiary/aromatic N) is 1. The molecule has 0 radical (unpaired) electrons. The second kappa shape index (κ2) is 11.7. The van der Waals surface area contributed by atoms with E-state index in [4.69, 9.17) is 4.42 Å². The number of para-hydroxylation sites is 1. The molecule has 0 amide bonds. The lowest BCUT2D eigenvalue weighted by atomic mass is 9.98. The summed E-state index contributed by atoms with van der Waals surface area (Å²) in [6.45, 7) is 0. The van der Waals surface area contributed by atoms with Gasteiger partial charge in [0, 0.05) is 62.9 Å². The molecule has 2 nitrogen and oxygen atoms in total. The lowest BCUT2D eigenvalue weighted by Crippen LogP contribution is -2.10. The van der Waals surface area contributed by atoms with Crippen molar-refractivity contribution in [3.05, 3.63) is 176 Å². The van der Waals surface area contributed by atoms with E-state index in [2.05, 4.69) is 175 Å². The van der Waals surface area contributed by atoms with Crippen molar-refractivity contribution in [2.45, 2.75) is 0 Å². The standard InChI is InChI=1S/C48H29NOS2/c1-3-12-30(13-4-1)32-22-24-38-45(28-32)52-48-34(31-14-5-2-6-15-31)26-27-40(47(38)48)49(33-23-25-36-35-16-7-9-19-41(35)50-42(36)29-33)39-18-11-21-44-46(39)37-17-8-10-20-43(37)51-44/h1-29H. The third-order valence-corrected chi connectivity index (χ3v) is 12.6. The van der Waals surface area contributed by atoms with Crippen molar-refractivity contribution >= 4 is 102 Å². The summed E-state index contributed by atoms with van der Waals surface area (Å²) in [6, 6.07) is 63.7. The minimum absolute atomic E-state index is 0.880. The minimum atomic E-state index is 0.880. The molecule has 11 aromatic rings. The molecule has 8 aromatic carbocycles. The maximum Gasteiger partial charge on any atom is 0.137 e. The van der Waals surface area contributed by atoms with Crippen LogP contribution in [0.15, 0.2) is 180 Å². The molecule has 0 atom stereocenters. The van der Waals surface area contributed by atoms with E-state index in [0.717, 1.165) is 39.0 Å². The number of anilines is 3. The summed E-state index contributed by atoms with van der Waals surface area (Å²) in [4.78, 5) is 2.47. The number of hydrogen-bond donors (Lipinski definition) is 0. The molecule has 0 fully saturated rings. The van der Waals surface area contributed by atoms with Crippen molar-refractivity contribution in [2.75, 3.05) is 4.90 Å². The summed E-state index contributed by atoms with van der Waals surface area (Å²) in [5, 5.41) is 7.30. The van der Waals surface area contributed by atoms with Gasteiger partial charge in [0.25, 0.3) is 0 Å².